The number of pyridine rings is 1. The highest BCUT2D eigenvalue weighted by atomic mass is 32.2. The lowest BCUT2D eigenvalue weighted by molar-refractivity contribution is -0.137. The normalized spacial score (nSPS) is 22.9. The van der Waals surface area contributed by atoms with Gasteiger partial charge in [0.05, 0.1) is 70.6 Å². The number of rotatable bonds is 6. The van der Waals surface area contributed by atoms with Crippen molar-refractivity contribution < 1.29 is 35.9 Å². The Hall–Kier alpha value is -3.38. The van der Waals surface area contributed by atoms with E-state index in [-0.39, 0.29) is 63.6 Å². The first kappa shape index (κ1) is 30.9. The predicted molar refractivity (Wildman–Crippen MR) is 166 cm³/mol. The molecule has 5 aliphatic rings. The number of carbonyl (C=O) groups excluding carboxylic acids is 1. The first-order chi connectivity index (χ1) is 22.4. The lowest BCUT2D eigenvalue weighted by Crippen LogP contribution is -2.70. The SMILES string of the molecule is CN1CCN(c2ccc(Nc3ncc(C(F)(F)F)c(-c4cc5c(s4)C(=O)N(C4COC4)CCS5(=O)=O)n3)c(C3CC3)n2)CC12COC2. The molecule has 3 aromatic heterocycles. The first-order valence-electron chi connectivity index (χ1n) is 15.4. The topological polar surface area (TPSA) is 130 Å². The zero-order valence-corrected chi connectivity index (χ0v) is 27.1. The number of amides is 1. The average molecular weight is 692 g/mol. The minimum Gasteiger partial charge on any atom is -0.377 e. The molecule has 0 atom stereocenters. The number of ether oxygens (including phenoxy) is 2. The van der Waals surface area contributed by atoms with Gasteiger partial charge in [-0.3, -0.25) is 9.69 Å². The summed E-state index contributed by atoms with van der Waals surface area (Å²) >= 11 is 0.696. The van der Waals surface area contributed by atoms with E-state index in [4.69, 9.17) is 14.5 Å². The number of anilines is 3. The van der Waals surface area contributed by atoms with Crippen molar-refractivity contribution in [2.75, 3.05) is 75.6 Å². The van der Waals surface area contributed by atoms with Crippen LogP contribution in [0.4, 0.5) is 30.6 Å². The number of sulfone groups is 1. The van der Waals surface area contributed by atoms with Gasteiger partial charge < -0.3 is 24.6 Å². The molecule has 4 aliphatic heterocycles. The monoisotopic (exact) mass is 691 g/mol. The summed E-state index contributed by atoms with van der Waals surface area (Å²) in [4.78, 5) is 32.3. The Morgan fingerprint density at radius 2 is 1.87 bits per heavy atom. The van der Waals surface area contributed by atoms with Crippen LogP contribution >= 0.6 is 11.3 Å². The minimum atomic E-state index is -4.83. The van der Waals surface area contributed by atoms with Crippen molar-refractivity contribution in [3.8, 4) is 10.6 Å². The van der Waals surface area contributed by atoms with E-state index in [1.165, 1.54) is 4.90 Å². The summed E-state index contributed by atoms with van der Waals surface area (Å²) in [5.41, 5.74) is -0.276. The molecule has 0 unspecified atom stereocenters. The summed E-state index contributed by atoms with van der Waals surface area (Å²) < 4.78 is 79.9. The lowest BCUT2D eigenvalue weighted by Gasteiger charge is -2.54. The molecule has 1 amide bonds. The molecule has 3 aromatic rings. The fraction of sp³-hybridized carbons (Fsp3) is 0.533. The summed E-state index contributed by atoms with van der Waals surface area (Å²) in [7, 11) is -1.83. The highest BCUT2D eigenvalue weighted by Gasteiger charge is 2.47. The van der Waals surface area contributed by atoms with Crippen LogP contribution in [0, 0.1) is 0 Å². The molecule has 1 N–H and O–H groups in total. The van der Waals surface area contributed by atoms with E-state index in [9.17, 15) is 26.4 Å². The quantitative estimate of drug-likeness (QED) is 0.409. The molecule has 0 radical (unpaired) electrons. The van der Waals surface area contributed by atoms with Crippen LogP contribution in [0.15, 0.2) is 29.3 Å². The third kappa shape index (κ3) is 5.45. The second-order valence-electron chi connectivity index (χ2n) is 12.8. The van der Waals surface area contributed by atoms with Gasteiger partial charge in [0.15, 0.2) is 9.84 Å². The zero-order valence-electron chi connectivity index (χ0n) is 25.4. The van der Waals surface area contributed by atoms with Gasteiger partial charge in [0, 0.05) is 38.3 Å². The van der Waals surface area contributed by atoms with Crippen LogP contribution in [0.2, 0.25) is 0 Å². The Morgan fingerprint density at radius 1 is 1.09 bits per heavy atom. The summed E-state index contributed by atoms with van der Waals surface area (Å²) in [6.07, 6.45) is -2.26. The first-order valence-corrected chi connectivity index (χ1v) is 17.9. The second-order valence-corrected chi connectivity index (χ2v) is 16.0. The molecule has 8 rings (SSSR count). The standard InChI is InChI=1S/C30H32F3N7O5S2/c1-38-6-7-39(14-29(38)15-45-16-29)23-5-4-20(24(36-23)17-2-3-17)35-28-34-11-19(30(31,32)33)25(37-28)21-10-22-26(46-21)27(41)40(18-12-44-13-18)8-9-47(22,42)43/h4-5,10-11,17-18H,2-3,6-9,12-16H2,1H3,(H,34,35,37). The lowest BCUT2D eigenvalue weighted by atomic mass is 9.92. The van der Waals surface area contributed by atoms with Crippen LogP contribution in [-0.4, -0.2) is 116 Å². The molecule has 17 heteroatoms. The number of fused-ring (bicyclic) bond motifs is 1. The summed E-state index contributed by atoms with van der Waals surface area (Å²) in [5, 5.41) is 3.09. The van der Waals surface area contributed by atoms with Gasteiger partial charge >= 0.3 is 6.18 Å². The molecule has 3 saturated heterocycles. The number of alkyl halides is 3. The molecule has 0 bridgehead atoms. The van der Waals surface area contributed by atoms with E-state index in [0.717, 1.165) is 50.1 Å². The van der Waals surface area contributed by atoms with Gasteiger partial charge in [-0.05, 0) is 38.1 Å². The van der Waals surface area contributed by atoms with Crippen LogP contribution in [-0.2, 0) is 25.5 Å². The number of hydrogen-bond donors (Lipinski definition) is 1. The second kappa shape index (κ2) is 11.1. The van der Waals surface area contributed by atoms with Crippen molar-refractivity contribution in [3.05, 3.63) is 40.5 Å². The van der Waals surface area contributed by atoms with Crippen molar-refractivity contribution in [2.45, 2.75) is 41.4 Å². The molecular weight excluding hydrogens is 660 g/mol. The fourth-order valence-electron chi connectivity index (χ4n) is 6.46. The maximum Gasteiger partial charge on any atom is 0.420 e. The number of nitrogens with zero attached hydrogens (tertiary/aromatic N) is 6. The molecule has 1 aliphatic carbocycles. The Morgan fingerprint density at radius 3 is 2.53 bits per heavy atom. The van der Waals surface area contributed by atoms with Gasteiger partial charge in [-0.25, -0.2) is 23.4 Å². The van der Waals surface area contributed by atoms with Gasteiger partial charge in [-0.15, -0.1) is 11.3 Å². The van der Waals surface area contributed by atoms with E-state index in [2.05, 4.69) is 32.1 Å². The molecule has 4 fully saturated rings. The predicted octanol–water partition coefficient (Wildman–Crippen LogP) is 3.39. The van der Waals surface area contributed by atoms with E-state index in [1.807, 2.05) is 12.1 Å². The number of piperazine rings is 1. The Labute approximate surface area is 272 Å². The largest absolute Gasteiger partial charge is 0.420 e. The molecule has 1 spiro atoms. The number of nitrogens with one attached hydrogen (secondary N) is 1. The Balaban J connectivity index is 1.13. The number of halogens is 3. The Kier molecular flexibility index (Phi) is 7.29. The molecule has 1 saturated carbocycles. The number of carbonyl (C=O) groups is 1. The zero-order chi connectivity index (χ0) is 32.7. The van der Waals surface area contributed by atoms with Crippen molar-refractivity contribution >= 4 is 44.5 Å². The fourth-order valence-corrected chi connectivity index (χ4v) is 9.38. The molecule has 12 nitrogen and oxygen atoms in total. The van der Waals surface area contributed by atoms with E-state index in [1.54, 1.807) is 0 Å². The van der Waals surface area contributed by atoms with Crippen LogP contribution < -0.4 is 10.2 Å². The van der Waals surface area contributed by atoms with Gasteiger partial charge in [0.25, 0.3) is 5.91 Å². The van der Waals surface area contributed by atoms with Crippen LogP contribution in [0.5, 0.6) is 0 Å². The summed E-state index contributed by atoms with van der Waals surface area (Å²) in [6.45, 7) is 4.36. The molecule has 250 valence electrons. The highest BCUT2D eigenvalue weighted by Crippen LogP contribution is 2.45. The number of thiophene rings is 1. The smallest absolute Gasteiger partial charge is 0.377 e. The van der Waals surface area contributed by atoms with Gasteiger partial charge in [0.1, 0.15) is 16.3 Å². The van der Waals surface area contributed by atoms with Gasteiger partial charge in [0.2, 0.25) is 5.95 Å². The maximum absolute atomic E-state index is 14.3. The van der Waals surface area contributed by atoms with E-state index < -0.39 is 33.2 Å². The van der Waals surface area contributed by atoms with Gasteiger partial charge in [-0.2, -0.15) is 13.2 Å². The van der Waals surface area contributed by atoms with Crippen LogP contribution in [0.25, 0.3) is 10.6 Å². The average Bonchev–Trinajstić information content (AvgIpc) is 3.74. The minimum absolute atomic E-state index is 0.0123. The van der Waals surface area contributed by atoms with Crippen LogP contribution in [0.1, 0.15) is 39.7 Å². The number of likely N-dealkylation sites (N-methyl/N-ethyl adjacent to an activating group) is 1. The van der Waals surface area contributed by atoms with E-state index >= 15 is 0 Å². The summed E-state index contributed by atoms with van der Waals surface area (Å²) in [6, 6.07) is 4.61. The highest BCUT2D eigenvalue weighted by molar-refractivity contribution is 7.91. The number of aromatic nitrogens is 3. The van der Waals surface area contributed by atoms with Crippen molar-refractivity contribution in [2.24, 2.45) is 0 Å². The molecular formula is C30H32F3N7O5S2. The van der Waals surface area contributed by atoms with Crippen LogP contribution in [0.3, 0.4) is 0 Å². The number of hydrogen-bond acceptors (Lipinski definition) is 12. The summed E-state index contributed by atoms with van der Waals surface area (Å²) in [5.74, 6) is 0.0626. The molecule has 0 aromatic carbocycles. The maximum atomic E-state index is 14.3. The molecule has 47 heavy (non-hydrogen) atoms. The third-order valence-electron chi connectivity index (χ3n) is 9.66. The molecule has 7 heterocycles. The van der Waals surface area contributed by atoms with Crippen molar-refractivity contribution in [1.29, 1.82) is 0 Å². The Bertz CT molecular complexity index is 1860. The van der Waals surface area contributed by atoms with Crippen molar-refractivity contribution in [1.82, 2.24) is 24.8 Å². The van der Waals surface area contributed by atoms with Crippen molar-refractivity contribution in [3.63, 3.8) is 0 Å². The van der Waals surface area contributed by atoms with Gasteiger partial charge in [-0.1, -0.05) is 0 Å². The third-order valence-corrected chi connectivity index (χ3v) is 12.6. The van der Waals surface area contributed by atoms with E-state index in [0.29, 0.717) is 36.4 Å².